The van der Waals surface area contributed by atoms with Gasteiger partial charge in [0.2, 0.25) is 0 Å². The fourth-order valence-electron chi connectivity index (χ4n) is 2.61. The van der Waals surface area contributed by atoms with Gasteiger partial charge >= 0.3 is 0 Å². The lowest BCUT2D eigenvalue weighted by Crippen LogP contribution is -2.35. The number of benzene rings is 1. The number of thiazole rings is 1. The highest BCUT2D eigenvalue weighted by atomic mass is 32.1. The second-order valence-corrected chi connectivity index (χ2v) is 7.50. The van der Waals surface area contributed by atoms with Crippen molar-refractivity contribution >= 4 is 17.2 Å². The Hall–Kier alpha value is -1.92. The van der Waals surface area contributed by atoms with E-state index in [1.54, 1.807) is 19.4 Å². The first-order valence-electron chi connectivity index (χ1n) is 7.87. The van der Waals surface area contributed by atoms with Gasteiger partial charge in [0.1, 0.15) is 16.5 Å². The molecule has 1 heterocycles. The number of carbonyl (C=O) groups is 1. The van der Waals surface area contributed by atoms with Gasteiger partial charge in [0, 0.05) is 11.9 Å². The van der Waals surface area contributed by atoms with E-state index in [0.717, 1.165) is 16.3 Å². The van der Waals surface area contributed by atoms with Gasteiger partial charge in [-0.2, -0.15) is 0 Å². The van der Waals surface area contributed by atoms with Gasteiger partial charge in [-0.15, -0.1) is 11.3 Å². The number of amides is 1. The molecule has 2 rings (SSSR count). The Kier molecular flexibility index (Phi) is 5.96. The van der Waals surface area contributed by atoms with Gasteiger partial charge in [0.15, 0.2) is 0 Å². The van der Waals surface area contributed by atoms with Gasteiger partial charge in [-0.1, -0.05) is 26.0 Å². The highest BCUT2D eigenvalue weighted by Gasteiger charge is 2.22. The maximum absolute atomic E-state index is 12.3. The molecular formula is C18H24N2O3S. The van der Waals surface area contributed by atoms with Crippen molar-refractivity contribution in [3.63, 3.8) is 0 Å². The number of para-hydroxylation sites is 1. The summed E-state index contributed by atoms with van der Waals surface area (Å²) in [6, 6.07) is 7.60. The molecule has 2 N–H and O–H groups in total. The summed E-state index contributed by atoms with van der Waals surface area (Å²) in [4.78, 5) is 16.7. The summed E-state index contributed by atoms with van der Waals surface area (Å²) in [6.07, 6.45) is 0.227. The van der Waals surface area contributed by atoms with Gasteiger partial charge in [0.25, 0.3) is 5.91 Å². The highest BCUT2D eigenvalue weighted by molar-refractivity contribution is 7.13. The van der Waals surface area contributed by atoms with Crippen LogP contribution in [0, 0.1) is 5.41 Å². The molecule has 2 aromatic rings. The predicted octanol–water partition coefficient (Wildman–Crippen LogP) is 3.35. The molecule has 0 saturated heterocycles. The van der Waals surface area contributed by atoms with Gasteiger partial charge in [-0.25, -0.2) is 4.98 Å². The molecule has 0 aliphatic heterocycles. The molecule has 0 radical (unpaired) electrons. The number of nitrogens with zero attached hydrogens (tertiary/aromatic N) is 1. The van der Waals surface area contributed by atoms with Crippen LogP contribution in [0.25, 0.3) is 10.6 Å². The lowest BCUT2D eigenvalue weighted by atomic mass is 9.87. The number of hydrogen-bond donors (Lipinski definition) is 2. The van der Waals surface area contributed by atoms with Crippen molar-refractivity contribution in [3.05, 3.63) is 35.3 Å². The van der Waals surface area contributed by atoms with Crippen LogP contribution in [0.15, 0.2) is 29.6 Å². The maximum atomic E-state index is 12.3. The third kappa shape index (κ3) is 4.79. The van der Waals surface area contributed by atoms with Crippen molar-refractivity contribution in [2.75, 3.05) is 13.7 Å². The van der Waals surface area contributed by atoms with Crippen molar-refractivity contribution in [2.24, 2.45) is 5.41 Å². The summed E-state index contributed by atoms with van der Waals surface area (Å²) in [5.41, 5.74) is 1.10. The van der Waals surface area contributed by atoms with Crippen molar-refractivity contribution in [1.29, 1.82) is 0 Å². The zero-order chi connectivity index (χ0) is 17.7. The third-order valence-corrected chi connectivity index (χ3v) is 4.53. The Bertz CT molecular complexity index is 695. The second-order valence-electron chi connectivity index (χ2n) is 6.64. The molecule has 6 heteroatoms. The zero-order valence-electron chi connectivity index (χ0n) is 14.5. The van der Waals surface area contributed by atoms with Crippen LogP contribution in [0.1, 0.15) is 37.7 Å². The monoisotopic (exact) mass is 348 g/mol. The van der Waals surface area contributed by atoms with E-state index in [-0.39, 0.29) is 11.3 Å². The number of carbonyl (C=O) groups excluding carboxylic acids is 1. The minimum Gasteiger partial charge on any atom is -0.496 e. The molecule has 5 nitrogen and oxygen atoms in total. The summed E-state index contributed by atoms with van der Waals surface area (Å²) < 4.78 is 5.34. The van der Waals surface area contributed by atoms with Gasteiger partial charge in [-0.05, 0) is 30.9 Å². The summed E-state index contributed by atoms with van der Waals surface area (Å²) >= 11 is 1.41. The van der Waals surface area contributed by atoms with Crippen molar-refractivity contribution in [2.45, 2.75) is 33.3 Å². The largest absolute Gasteiger partial charge is 0.496 e. The SMILES string of the molecule is COc1ccccc1-c1nc(C(=O)NCC(C)(C)CC(C)O)cs1. The quantitative estimate of drug-likeness (QED) is 0.805. The summed E-state index contributed by atoms with van der Waals surface area (Å²) in [7, 11) is 1.62. The van der Waals surface area contributed by atoms with E-state index in [1.807, 2.05) is 38.1 Å². The highest BCUT2D eigenvalue weighted by Crippen LogP contribution is 2.31. The molecule has 24 heavy (non-hydrogen) atoms. The smallest absolute Gasteiger partial charge is 0.270 e. The lowest BCUT2D eigenvalue weighted by Gasteiger charge is -2.26. The molecule has 1 aromatic heterocycles. The molecule has 0 fully saturated rings. The molecular weight excluding hydrogens is 324 g/mol. The van der Waals surface area contributed by atoms with Crippen molar-refractivity contribution in [3.8, 4) is 16.3 Å². The molecule has 1 amide bonds. The molecule has 0 aliphatic carbocycles. The van der Waals surface area contributed by atoms with Crippen LogP contribution in [0.2, 0.25) is 0 Å². The van der Waals surface area contributed by atoms with Crippen LogP contribution < -0.4 is 10.1 Å². The zero-order valence-corrected chi connectivity index (χ0v) is 15.3. The first kappa shape index (κ1) is 18.4. The standard InChI is InChI=1S/C18H24N2O3S/c1-12(21)9-18(2,3)11-19-16(22)14-10-24-17(20-14)13-7-5-6-8-15(13)23-4/h5-8,10,12,21H,9,11H2,1-4H3,(H,19,22). The number of nitrogens with one attached hydrogen (secondary N) is 1. The Labute approximate surface area is 146 Å². The number of aliphatic hydroxyl groups excluding tert-OH is 1. The van der Waals surface area contributed by atoms with Gasteiger partial charge in [-0.3, -0.25) is 4.79 Å². The average Bonchev–Trinajstić information content (AvgIpc) is 3.01. The first-order valence-corrected chi connectivity index (χ1v) is 8.75. The molecule has 0 spiro atoms. The molecule has 130 valence electrons. The predicted molar refractivity (Wildman–Crippen MR) is 96.5 cm³/mol. The molecule has 1 atom stereocenters. The fraction of sp³-hybridized carbons (Fsp3) is 0.444. The summed E-state index contributed by atoms with van der Waals surface area (Å²) in [6.45, 7) is 6.27. The van der Waals surface area contributed by atoms with E-state index in [1.165, 1.54) is 11.3 Å². The second kappa shape index (κ2) is 7.77. The first-order chi connectivity index (χ1) is 11.3. The Morgan fingerprint density at radius 1 is 1.42 bits per heavy atom. The molecule has 1 aromatic carbocycles. The summed E-state index contributed by atoms with van der Waals surface area (Å²) in [5, 5.41) is 14.9. The van der Waals surface area contributed by atoms with Crippen molar-refractivity contribution < 1.29 is 14.6 Å². The van der Waals surface area contributed by atoms with Crippen LogP contribution in [0.3, 0.4) is 0 Å². The minimum atomic E-state index is -0.395. The molecule has 0 saturated carbocycles. The number of aliphatic hydroxyl groups is 1. The van der Waals surface area contributed by atoms with Crippen LogP contribution in [-0.2, 0) is 0 Å². The van der Waals surface area contributed by atoms with Crippen LogP contribution in [0.4, 0.5) is 0 Å². The van der Waals surface area contributed by atoms with Gasteiger partial charge in [0.05, 0.1) is 18.8 Å². The normalized spacial score (nSPS) is 12.7. The van der Waals surface area contributed by atoms with E-state index in [9.17, 15) is 9.90 Å². The fourth-order valence-corrected chi connectivity index (χ4v) is 3.43. The number of hydrogen-bond acceptors (Lipinski definition) is 5. The topological polar surface area (TPSA) is 71.5 Å². The van der Waals surface area contributed by atoms with E-state index in [2.05, 4.69) is 10.3 Å². The Morgan fingerprint density at radius 2 is 2.12 bits per heavy atom. The Morgan fingerprint density at radius 3 is 2.79 bits per heavy atom. The number of rotatable bonds is 7. The van der Waals surface area contributed by atoms with E-state index in [4.69, 9.17) is 4.74 Å². The number of ether oxygens (including phenoxy) is 1. The molecule has 1 unspecified atom stereocenters. The number of aromatic nitrogens is 1. The van der Waals surface area contributed by atoms with Gasteiger partial charge < -0.3 is 15.2 Å². The Balaban J connectivity index is 2.06. The summed E-state index contributed by atoms with van der Waals surface area (Å²) in [5.74, 6) is 0.531. The van der Waals surface area contributed by atoms with E-state index >= 15 is 0 Å². The maximum Gasteiger partial charge on any atom is 0.270 e. The van der Waals surface area contributed by atoms with Crippen LogP contribution >= 0.6 is 11.3 Å². The van der Waals surface area contributed by atoms with E-state index in [0.29, 0.717) is 18.7 Å². The van der Waals surface area contributed by atoms with Crippen LogP contribution in [-0.4, -0.2) is 35.8 Å². The molecule has 0 bridgehead atoms. The molecule has 0 aliphatic rings. The minimum absolute atomic E-state index is 0.175. The lowest BCUT2D eigenvalue weighted by molar-refractivity contribution is 0.0898. The van der Waals surface area contributed by atoms with Crippen LogP contribution in [0.5, 0.6) is 5.75 Å². The number of methoxy groups -OCH3 is 1. The van der Waals surface area contributed by atoms with Crippen molar-refractivity contribution in [1.82, 2.24) is 10.3 Å². The third-order valence-electron chi connectivity index (χ3n) is 3.65. The average molecular weight is 348 g/mol. The van der Waals surface area contributed by atoms with E-state index < -0.39 is 6.10 Å².